The van der Waals surface area contributed by atoms with Crippen molar-refractivity contribution in [2.75, 3.05) is 26.7 Å². The second-order valence-electron chi connectivity index (χ2n) is 5.55. The van der Waals surface area contributed by atoms with E-state index in [4.69, 9.17) is 9.84 Å². The molecule has 1 fully saturated rings. The topological polar surface area (TPSA) is 70.1 Å². The molecule has 2 rings (SSSR count). The van der Waals surface area contributed by atoms with Crippen LogP contribution < -0.4 is 0 Å². The third kappa shape index (κ3) is 4.73. The standard InChI is InChI=1S/C16H22N2O4/c1-17(14-7-9-18(10-8-14)11-15(19)20)16(21)22-12-13-5-3-2-4-6-13/h2-6,14H,7-12H2,1H3,(H,19,20). The van der Waals surface area contributed by atoms with Gasteiger partial charge in [0.15, 0.2) is 0 Å². The van der Waals surface area contributed by atoms with Crippen LogP contribution in [-0.2, 0) is 16.1 Å². The van der Waals surface area contributed by atoms with Gasteiger partial charge in [-0.25, -0.2) is 4.79 Å². The number of amides is 1. The van der Waals surface area contributed by atoms with E-state index in [1.54, 1.807) is 11.9 Å². The third-order valence-electron chi connectivity index (χ3n) is 3.96. The molecular weight excluding hydrogens is 284 g/mol. The molecule has 1 saturated heterocycles. The molecule has 6 heteroatoms. The summed E-state index contributed by atoms with van der Waals surface area (Å²) in [6.45, 7) is 1.71. The van der Waals surface area contributed by atoms with Gasteiger partial charge in [-0.1, -0.05) is 30.3 Å². The predicted molar refractivity (Wildman–Crippen MR) is 81.5 cm³/mol. The summed E-state index contributed by atoms with van der Waals surface area (Å²) in [7, 11) is 1.74. The summed E-state index contributed by atoms with van der Waals surface area (Å²) < 4.78 is 5.31. The molecule has 0 unspecified atom stereocenters. The predicted octanol–water partition coefficient (Wildman–Crippen LogP) is 1.80. The van der Waals surface area contributed by atoms with Crippen LogP contribution in [-0.4, -0.2) is 59.7 Å². The minimum absolute atomic E-state index is 0.0644. The molecule has 1 aliphatic rings. The van der Waals surface area contributed by atoms with Gasteiger partial charge in [0.2, 0.25) is 0 Å². The number of hydrogen-bond donors (Lipinski definition) is 1. The molecule has 1 heterocycles. The van der Waals surface area contributed by atoms with E-state index in [1.807, 2.05) is 35.2 Å². The maximum absolute atomic E-state index is 12.1. The van der Waals surface area contributed by atoms with E-state index in [0.29, 0.717) is 13.1 Å². The van der Waals surface area contributed by atoms with Gasteiger partial charge in [0, 0.05) is 26.2 Å². The van der Waals surface area contributed by atoms with Crippen LogP contribution in [0, 0.1) is 0 Å². The number of likely N-dealkylation sites (tertiary alicyclic amines) is 1. The van der Waals surface area contributed by atoms with Crippen LogP contribution in [0.25, 0.3) is 0 Å². The number of aliphatic carboxylic acids is 1. The highest BCUT2D eigenvalue weighted by Gasteiger charge is 2.26. The van der Waals surface area contributed by atoms with E-state index >= 15 is 0 Å². The van der Waals surface area contributed by atoms with E-state index in [1.165, 1.54) is 0 Å². The lowest BCUT2D eigenvalue weighted by Gasteiger charge is -2.35. The van der Waals surface area contributed by atoms with Gasteiger partial charge in [0.1, 0.15) is 6.61 Å². The molecule has 0 aliphatic carbocycles. The van der Waals surface area contributed by atoms with Crippen molar-refractivity contribution in [2.24, 2.45) is 0 Å². The second-order valence-corrected chi connectivity index (χ2v) is 5.55. The zero-order valence-corrected chi connectivity index (χ0v) is 12.8. The number of rotatable bonds is 5. The van der Waals surface area contributed by atoms with Crippen LogP contribution in [0.3, 0.4) is 0 Å². The highest BCUT2D eigenvalue weighted by atomic mass is 16.6. The first kappa shape index (κ1) is 16.3. The molecule has 0 atom stereocenters. The number of carbonyl (C=O) groups is 2. The zero-order chi connectivity index (χ0) is 15.9. The summed E-state index contributed by atoms with van der Waals surface area (Å²) in [5, 5.41) is 8.78. The fraction of sp³-hybridized carbons (Fsp3) is 0.500. The van der Waals surface area contributed by atoms with E-state index < -0.39 is 5.97 Å². The lowest BCUT2D eigenvalue weighted by molar-refractivity contribution is -0.138. The number of benzene rings is 1. The molecule has 120 valence electrons. The van der Waals surface area contributed by atoms with Crippen LogP contribution in [0.15, 0.2) is 30.3 Å². The number of nitrogens with zero attached hydrogens (tertiary/aromatic N) is 2. The quantitative estimate of drug-likeness (QED) is 0.898. The van der Waals surface area contributed by atoms with Crippen molar-refractivity contribution in [3.05, 3.63) is 35.9 Å². The molecule has 1 aromatic carbocycles. The highest BCUT2D eigenvalue weighted by Crippen LogP contribution is 2.16. The zero-order valence-electron chi connectivity index (χ0n) is 12.8. The van der Waals surface area contributed by atoms with Crippen LogP contribution in [0.2, 0.25) is 0 Å². The van der Waals surface area contributed by atoms with Crippen molar-refractivity contribution < 1.29 is 19.4 Å². The Morgan fingerprint density at radius 3 is 2.50 bits per heavy atom. The first-order valence-electron chi connectivity index (χ1n) is 7.44. The van der Waals surface area contributed by atoms with E-state index in [-0.39, 0.29) is 25.3 Å². The molecule has 1 N–H and O–H groups in total. The molecule has 1 amide bonds. The molecule has 1 aliphatic heterocycles. The Bertz CT molecular complexity index is 498. The van der Waals surface area contributed by atoms with Crippen molar-refractivity contribution >= 4 is 12.1 Å². The van der Waals surface area contributed by atoms with Gasteiger partial charge >= 0.3 is 12.1 Å². The van der Waals surface area contributed by atoms with Gasteiger partial charge in [-0.2, -0.15) is 0 Å². The average molecular weight is 306 g/mol. The molecule has 0 radical (unpaired) electrons. The third-order valence-corrected chi connectivity index (χ3v) is 3.96. The Labute approximate surface area is 130 Å². The Kier molecular flexibility index (Phi) is 5.77. The van der Waals surface area contributed by atoms with E-state index in [2.05, 4.69) is 0 Å². The lowest BCUT2D eigenvalue weighted by Crippen LogP contribution is -2.46. The molecule has 1 aromatic rings. The van der Waals surface area contributed by atoms with Crippen molar-refractivity contribution in [2.45, 2.75) is 25.5 Å². The Morgan fingerprint density at radius 2 is 1.91 bits per heavy atom. The number of piperidine rings is 1. The maximum Gasteiger partial charge on any atom is 0.410 e. The number of carbonyl (C=O) groups excluding carboxylic acids is 1. The van der Waals surface area contributed by atoms with Gasteiger partial charge < -0.3 is 14.7 Å². The summed E-state index contributed by atoms with van der Waals surface area (Å²) in [4.78, 5) is 26.3. The summed E-state index contributed by atoms with van der Waals surface area (Å²) in [5.41, 5.74) is 0.959. The van der Waals surface area contributed by atoms with Crippen molar-refractivity contribution in [3.63, 3.8) is 0 Å². The van der Waals surface area contributed by atoms with Gasteiger partial charge in [-0.05, 0) is 18.4 Å². The second kappa shape index (κ2) is 7.79. The van der Waals surface area contributed by atoms with Crippen LogP contribution in [0.1, 0.15) is 18.4 Å². The fourth-order valence-electron chi connectivity index (χ4n) is 2.63. The van der Waals surface area contributed by atoms with Gasteiger partial charge in [0.25, 0.3) is 0 Å². The number of hydrogen-bond acceptors (Lipinski definition) is 4. The molecule has 22 heavy (non-hydrogen) atoms. The van der Waals surface area contributed by atoms with E-state index in [0.717, 1.165) is 18.4 Å². The van der Waals surface area contributed by atoms with Crippen molar-refractivity contribution in [3.8, 4) is 0 Å². The SMILES string of the molecule is CN(C(=O)OCc1ccccc1)C1CCN(CC(=O)O)CC1. The number of carboxylic acids is 1. The minimum Gasteiger partial charge on any atom is -0.480 e. The first-order chi connectivity index (χ1) is 10.6. The summed E-state index contributed by atoms with van der Waals surface area (Å²) >= 11 is 0. The summed E-state index contributed by atoms with van der Waals surface area (Å²) in [5.74, 6) is -0.811. The monoisotopic (exact) mass is 306 g/mol. The smallest absolute Gasteiger partial charge is 0.410 e. The van der Waals surface area contributed by atoms with Crippen LogP contribution in [0.4, 0.5) is 4.79 Å². The number of carboxylic acid groups (broad SMARTS) is 1. The van der Waals surface area contributed by atoms with Crippen molar-refractivity contribution in [1.29, 1.82) is 0 Å². The average Bonchev–Trinajstić information content (AvgIpc) is 2.53. The molecule has 0 spiro atoms. The largest absolute Gasteiger partial charge is 0.480 e. The minimum atomic E-state index is -0.811. The maximum atomic E-state index is 12.1. The molecule has 0 saturated carbocycles. The first-order valence-corrected chi connectivity index (χ1v) is 7.44. The van der Waals surface area contributed by atoms with Crippen LogP contribution >= 0.6 is 0 Å². The van der Waals surface area contributed by atoms with Gasteiger partial charge in [-0.15, -0.1) is 0 Å². The highest BCUT2D eigenvalue weighted by molar-refractivity contribution is 5.69. The Morgan fingerprint density at radius 1 is 1.27 bits per heavy atom. The molecular formula is C16H22N2O4. The van der Waals surface area contributed by atoms with Gasteiger partial charge in [0.05, 0.1) is 6.54 Å². The Balaban J connectivity index is 1.75. The fourth-order valence-corrected chi connectivity index (χ4v) is 2.63. The molecule has 0 aromatic heterocycles. The number of ether oxygens (including phenoxy) is 1. The molecule has 6 nitrogen and oxygen atoms in total. The molecule has 0 bridgehead atoms. The Hall–Kier alpha value is -2.08. The summed E-state index contributed by atoms with van der Waals surface area (Å²) in [6.07, 6.45) is 1.20. The lowest BCUT2D eigenvalue weighted by atomic mass is 10.0. The van der Waals surface area contributed by atoms with Crippen LogP contribution in [0.5, 0.6) is 0 Å². The summed E-state index contributed by atoms with van der Waals surface area (Å²) in [6, 6.07) is 9.67. The van der Waals surface area contributed by atoms with Gasteiger partial charge in [-0.3, -0.25) is 9.69 Å². The van der Waals surface area contributed by atoms with Crippen molar-refractivity contribution in [1.82, 2.24) is 9.80 Å². The normalized spacial score (nSPS) is 16.2. The van der Waals surface area contributed by atoms with E-state index in [9.17, 15) is 9.59 Å².